The van der Waals surface area contributed by atoms with Gasteiger partial charge in [-0.3, -0.25) is 4.79 Å². The third kappa shape index (κ3) is 29.4. The van der Waals surface area contributed by atoms with Crippen molar-refractivity contribution in [2.24, 2.45) is 0 Å². The number of benzene rings is 12. The molecule has 0 fully saturated rings. The van der Waals surface area contributed by atoms with Crippen molar-refractivity contribution in [3.63, 3.8) is 0 Å². The number of rotatable bonds is 19. The van der Waals surface area contributed by atoms with Crippen LogP contribution in [0.25, 0.3) is 0 Å². The smallest absolute Gasteiger partial charge is 0.410 e. The van der Waals surface area contributed by atoms with Gasteiger partial charge in [-0.25, -0.2) is 4.79 Å². The van der Waals surface area contributed by atoms with Gasteiger partial charge in [-0.1, -0.05) is 383 Å². The van der Waals surface area contributed by atoms with Crippen molar-refractivity contribution in [3.8, 4) is 0 Å². The molecular formula is C92H98Cl2N2O3P4Pd. The second-order valence-corrected chi connectivity index (χ2v) is 33.8. The number of nitrogens with zero attached hydrogens (tertiary/aromatic N) is 2. The van der Waals surface area contributed by atoms with Gasteiger partial charge in [-0.05, 0) is 157 Å². The minimum Gasteiger partial charge on any atom is -0.445 e. The Hall–Kier alpha value is -8.18. The van der Waals surface area contributed by atoms with E-state index in [4.69, 9.17) is 27.9 Å². The van der Waals surface area contributed by atoms with Crippen LogP contribution < -0.4 is 63.7 Å². The summed E-state index contributed by atoms with van der Waals surface area (Å²) >= 11 is 9.53. The number of amides is 2. The maximum Gasteiger partial charge on any atom is 0.410 e. The third-order valence-electron chi connectivity index (χ3n) is 15.4. The van der Waals surface area contributed by atoms with Crippen molar-refractivity contribution in [2.45, 2.75) is 79.6 Å². The van der Waals surface area contributed by atoms with E-state index in [1.807, 2.05) is 55.4 Å². The summed E-state index contributed by atoms with van der Waals surface area (Å²) in [6.45, 7) is 23.1. The normalized spacial score (nSPS) is 10.3. The summed E-state index contributed by atoms with van der Waals surface area (Å²) in [5.74, 6) is 0.00926. The van der Waals surface area contributed by atoms with Crippen LogP contribution in [0.5, 0.6) is 0 Å². The summed E-state index contributed by atoms with van der Waals surface area (Å²) in [5, 5.41) is 17.0. The zero-order valence-electron chi connectivity index (χ0n) is 60.9. The Bertz CT molecular complexity index is 3330. The molecule has 538 valence electrons. The van der Waals surface area contributed by atoms with E-state index in [0.29, 0.717) is 0 Å². The molecule has 0 heterocycles. The zero-order valence-corrected chi connectivity index (χ0v) is 67.6. The van der Waals surface area contributed by atoms with Gasteiger partial charge in [0.05, 0.1) is 5.34 Å². The Kier molecular flexibility index (Phi) is 41.8. The molecule has 0 aliphatic carbocycles. The molecule has 0 saturated heterocycles. The molecule has 0 unspecified atom stereocenters. The van der Waals surface area contributed by atoms with Crippen LogP contribution in [0.1, 0.15) is 55.4 Å². The van der Waals surface area contributed by atoms with Gasteiger partial charge < -0.3 is 14.5 Å². The molecule has 0 bridgehead atoms. The fourth-order valence-electron chi connectivity index (χ4n) is 11.1. The van der Waals surface area contributed by atoms with Crippen molar-refractivity contribution in [1.29, 1.82) is 0 Å². The molecule has 0 atom stereocenters. The summed E-state index contributed by atoms with van der Waals surface area (Å²) in [5.41, 5.74) is 0. The number of carbonyl (C=O) groups is 2. The van der Waals surface area contributed by atoms with Gasteiger partial charge in [0, 0.05) is 44.6 Å². The average Bonchev–Trinajstić information content (AvgIpc) is 0.842. The number of halogens is 2. The number of hydrogen-bond donors (Lipinski definition) is 0. The molecule has 12 aromatic carbocycles. The predicted octanol–water partition coefficient (Wildman–Crippen LogP) is 19.4. The van der Waals surface area contributed by atoms with Crippen LogP contribution in [0.15, 0.2) is 389 Å². The number of carbonyl (C=O) groups excluding carboxylic acids is 2. The summed E-state index contributed by atoms with van der Waals surface area (Å²) in [4.78, 5) is 26.1. The minimum atomic E-state index is -0.446. The maximum atomic E-state index is 11.4. The Morgan fingerprint density at radius 3 is 0.529 bits per heavy atom. The third-order valence-corrected chi connectivity index (χ3v) is 25.1. The van der Waals surface area contributed by atoms with E-state index in [0.717, 1.165) is 0 Å². The van der Waals surface area contributed by atoms with E-state index in [9.17, 15) is 9.59 Å². The first-order valence-corrected chi connectivity index (χ1v) is 41.1. The van der Waals surface area contributed by atoms with Gasteiger partial charge in [-0.2, -0.15) is 0 Å². The predicted molar refractivity (Wildman–Crippen MR) is 458 cm³/mol. The summed E-state index contributed by atoms with van der Waals surface area (Å²) < 4.78 is 4.94. The molecule has 12 aromatic rings. The molecule has 0 aliphatic rings. The minimum absolute atomic E-state index is 0. The second kappa shape index (κ2) is 50.3. The largest absolute Gasteiger partial charge is 0.445 e. The molecule has 5 nitrogen and oxygen atoms in total. The van der Waals surface area contributed by atoms with Crippen molar-refractivity contribution in [3.05, 3.63) is 389 Å². The molecule has 0 radical (unpaired) electrons. The quantitative estimate of drug-likeness (QED) is 0.0267. The number of ether oxygens (including phenoxy) is 1. The molecule has 0 N–H and O–H groups in total. The molecule has 0 aliphatic heterocycles. The topological polar surface area (TPSA) is 49.9 Å². The van der Waals surface area contributed by atoms with E-state index in [1.54, 1.807) is 15.9 Å². The molecule has 2 amide bonds. The van der Waals surface area contributed by atoms with Crippen LogP contribution in [0.2, 0.25) is 0 Å². The second-order valence-electron chi connectivity index (χ2n) is 24.1. The van der Waals surface area contributed by atoms with Gasteiger partial charge in [0.1, 0.15) is 6.61 Å². The Morgan fingerprint density at radius 1 is 0.298 bits per heavy atom. The Labute approximate surface area is 650 Å². The zero-order chi connectivity index (χ0) is 73.8. The first-order chi connectivity index (χ1) is 50.2. The van der Waals surface area contributed by atoms with E-state index in [1.165, 1.54) is 69.7 Å². The molecule has 12 rings (SSSR count). The average molecular weight is 1580 g/mol. The van der Waals surface area contributed by atoms with Gasteiger partial charge in [0.25, 0.3) is 0 Å². The van der Waals surface area contributed by atoms with E-state index >= 15 is 0 Å². The molecular weight excluding hydrogens is 1480 g/mol. The van der Waals surface area contributed by atoms with Crippen LogP contribution in [0, 0.1) is 0 Å². The Balaban J connectivity index is 0.000000225. The van der Waals surface area contributed by atoms with Gasteiger partial charge >= 0.3 is 6.09 Å². The van der Waals surface area contributed by atoms with Crippen molar-refractivity contribution >= 4 is 131 Å². The molecule has 0 saturated carbocycles. The van der Waals surface area contributed by atoms with Crippen LogP contribution in [-0.4, -0.2) is 57.9 Å². The summed E-state index contributed by atoms with van der Waals surface area (Å²) in [6, 6.07) is 130. The van der Waals surface area contributed by atoms with Gasteiger partial charge in [0.15, 0.2) is 0 Å². The first-order valence-electron chi connectivity index (χ1n) is 34.7. The number of hydrogen-bond acceptors (Lipinski definition) is 3. The standard InChI is InChI=1S/4C18H15P.C10H19NO2.C9H17NO.CH2Cl2.Pd/c4*1-4-10-16(11-5-1)19(17-12-6-2-7-13-17)18-14-8-3-9-15-18;1-6-7-13-10(12)11(8(2)3)9(4)5;1-6-9(11)10(7(2)3)8(4)5;2-1-3;/h4*1-15H;6,8-9H,1,7H2,2-5H3;6-8H,1H2,2-5H3;1H2;. The monoisotopic (exact) mass is 1580 g/mol. The fraction of sp³-hybridized carbons (Fsp3) is 0.152. The molecule has 0 spiro atoms. The summed E-state index contributed by atoms with van der Waals surface area (Å²) in [6.07, 6.45) is 2.65. The molecule has 0 aromatic heterocycles. The van der Waals surface area contributed by atoms with Crippen LogP contribution in [0.4, 0.5) is 4.79 Å². The fourth-order valence-corrected chi connectivity index (χ4v) is 20.4. The van der Waals surface area contributed by atoms with Crippen molar-refractivity contribution < 1.29 is 34.7 Å². The van der Waals surface area contributed by atoms with Gasteiger partial charge in [0.2, 0.25) is 5.91 Å². The molecule has 104 heavy (non-hydrogen) atoms. The van der Waals surface area contributed by atoms with E-state index in [2.05, 4.69) is 377 Å². The number of alkyl halides is 2. The van der Waals surface area contributed by atoms with Crippen molar-refractivity contribution in [2.75, 3.05) is 11.9 Å². The SMILES string of the molecule is C=CC(=O)N(C(C)C)C(C)C.C=CCOC(=O)N(C(C)C)C(C)C.ClCCl.[Pd].c1ccc(P(c2ccccc2)c2ccccc2)cc1.c1ccc(P(c2ccccc2)c2ccccc2)cc1.c1ccc(P(c2ccccc2)c2ccccc2)cc1.c1ccc(P(c2ccccc2)c2ccccc2)cc1. The molecule has 12 heteroatoms. The summed E-state index contributed by atoms with van der Waals surface area (Å²) in [7, 11) is -1.78. The van der Waals surface area contributed by atoms with Crippen LogP contribution in [0.3, 0.4) is 0 Å². The Morgan fingerprint density at radius 2 is 0.433 bits per heavy atom. The van der Waals surface area contributed by atoms with E-state index < -0.39 is 31.7 Å². The van der Waals surface area contributed by atoms with Crippen molar-refractivity contribution in [1.82, 2.24) is 9.80 Å². The maximum absolute atomic E-state index is 11.4. The van der Waals surface area contributed by atoms with Gasteiger partial charge in [-0.15, -0.1) is 23.2 Å². The van der Waals surface area contributed by atoms with Crippen LogP contribution in [-0.2, 0) is 30.0 Å². The van der Waals surface area contributed by atoms with Crippen LogP contribution >= 0.6 is 54.9 Å². The first kappa shape index (κ1) is 86.5. The van der Waals surface area contributed by atoms with E-state index in [-0.39, 0.29) is 68.5 Å².